The number of benzene rings is 2. The van der Waals surface area contributed by atoms with Gasteiger partial charge in [0.1, 0.15) is 0 Å². The first kappa shape index (κ1) is 23.7. The molecule has 0 spiro atoms. The molecule has 164 valence electrons. The van der Waals surface area contributed by atoms with E-state index in [0.29, 0.717) is 21.9 Å². The van der Waals surface area contributed by atoms with Crippen LogP contribution in [0.2, 0.25) is 10.0 Å². The van der Waals surface area contributed by atoms with Gasteiger partial charge in [-0.05, 0) is 86.6 Å². The molecule has 1 N–H and O–H groups in total. The molecule has 0 amide bonds. The van der Waals surface area contributed by atoms with Crippen LogP contribution < -0.4 is 5.32 Å². The average Bonchev–Trinajstić information content (AvgIpc) is 2.76. The molecule has 1 heterocycles. The maximum absolute atomic E-state index is 12.1. The molecule has 2 aromatic rings. The van der Waals surface area contributed by atoms with Crippen LogP contribution in [0.15, 0.2) is 47.4 Å². The lowest BCUT2D eigenvalue weighted by atomic mass is 9.89. The second-order valence-electron chi connectivity index (χ2n) is 8.07. The van der Waals surface area contributed by atoms with E-state index in [2.05, 4.69) is 35.3 Å². The fourth-order valence-electron chi connectivity index (χ4n) is 4.36. The predicted molar refractivity (Wildman–Crippen MR) is 130 cm³/mol. The number of hydrogen-bond acceptors (Lipinski definition) is 3. The highest BCUT2D eigenvalue weighted by molar-refractivity contribution is 7.84. The Balaban J connectivity index is 1.58. The average molecular weight is 468 g/mol. The first-order valence-corrected chi connectivity index (χ1v) is 13.1. The largest absolute Gasteiger partial charge is 0.316 e. The van der Waals surface area contributed by atoms with Gasteiger partial charge in [-0.2, -0.15) is 0 Å². The van der Waals surface area contributed by atoms with Crippen LogP contribution in [0.25, 0.3) is 0 Å². The third-order valence-electron chi connectivity index (χ3n) is 6.11. The zero-order chi connectivity index (χ0) is 21.5. The molecule has 2 atom stereocenters. The molecule has 0 saturated carbocycles. The summed E-state index contributed by atoms with van der Waals surface area (Å²) in [4.78, 5) is 3.57. The Bertz CT molecular complexity index is 853. The van der Waals surface area contributed by atoms with E-state index in [9.17, 15) is 4.21 Å². The highest BCUT2D eigenvalue weighted by Gasteiger charge is 2.24. The van der Waals surface area contributed by atoms with Gasteiger partial charge in [-0.3, -0.25) is 4.21 Å². The van der Waals surface area contributed by atoms with Crippen molar-refractivity contribution >= 4 is 34.0 Å². The Morgan fingerprint density at radius 1 is 1.13 bits per heavy atom. The van der Waals surface area contributed by atoms with E-state index in [0.717, 1.165) is 56.9 Å². The summed E-state index contributed by atoms with van der Waals surface area (Å²) in [5.41, 5.74) is 2.53. The molecule has 1 aliphatic heterocycles. The SMILES string of the molecule is CCNC[C@@H](CCN1CCC(c2ccccc2S(C)=O)CC1)c1ccc(Cl)c(Cl)c1. The lowest BCUT2D eigenvalue weighted by Gasteiger charge is -2.33. The van der Waals surface area contributed by atoms with Crippen molar-refractivity contribution in [3.8, 4) is 0 Å². The Hall–Kier alpha value is -0.910. The van der Waals surface area contributed by atoms with Gasteiger partial charge in [0, 0.05) is 17.7 Å². The zero-order valence-electron chi connectivity index (χ0n) is 17.9. The summed E-state index contributed by atoms with van der Waals surface area (Å²) in [5.74, 6) is 0.926. The zero-order valence-corrected chi connectivity index (χ0v) is 20.2. The summed E-state index contributed by atoms with van der Waals surface area (Å²) < 4.78 is 12.1. The molecule has 3 rings (SSSR count). The van der Waals surface area contributed by atoms with Crippen molar-refractivity contribution < 1.29 is 4.21 Å². The Morgan fingerprint density at radius 2 is 1.87 bits per heavy atom. The summed E-state index contributed by atoms with van der Waals surface area (Å²) in [5, 5.41) is 4.73. The van der Waals surface area contributed by atoms with E-state index in [-0.39, 0.29) is 0 Å². The molecule has 1 fully saturated rings. The topological polar surface area (TPSA) is 32.3 Å². The number of likely N-dealkylation sites (N-methyl/N-ethyl adjacent to an activating group) is 1. The first-order chi connectivity index (χ1) is 14.5. The van der Waals surface area contributed by atoms with Crippen molar-refractivity contribution in [2.75, 3.05) is 39.0 Å². The minimum Gasteiger partial charge on any atom is -0.316 e. The molecular weight excluding hydrogens is 435 g/mol. The maximum atomic E-state index is 12.1. The van der Waals surface area contributed by atoms with Crippen LogP contribution in [0, 0.1) is 0 Å². The van der Waals surface area contributed by atoms with Gasteiger partial charge in [0.05, 0.1) is 20.8 Å². The van der Waals surface area contributed by atoms with Crippen LogP contribution in [0.4, 0.5) is 0 Å². The van der Waals surface area contributed by atoms with E-state index in [1.807, 2.05) is 24.3 Å². The molecule has 0 bridgehead atoms. The summed E-state index contributed by atoms with van der Waals surface area (Å²) in [6.07, 6.45) is 5.12. The molecule has 0 aromatic heterocycles. The normalized spacial score (nSPS) is 17.7. The summed E-state index contributed by atoms with van der Waals surface area (Å²) in [6.45, 7) is 7.29. The van der Waals surface area contributed by atoms with E-state index in [1.54, 1.807) is 6.26 Å². The lowest BCUT2D eigenvalue weighted by Crippen LogP contribution is -2.35. The Morgan fingerprint density at radius 3 is 2.53 bits per heavy atom. The highest BCUT2D eigenvalue weighted by Crippen LogP contribution is 2.33. The summed E-state index contributed by atoms with van der Waals surface area (Å²) in [6, 6.07) is 14.3. The monoisotopic (exact) mass is 466 g/mol. The van der Waals surface area contributed by atoms with Crippen LogP contribution in [-0.4, -0.2) is 48.1 Å². The van der Waals surface area contributed by atoms with Crippen LogP contribution in [0.3, 0.4) is 0 Å². The van der Waals surface area contributed by atoms with Crippen molar-refractivity contribution in [2.24, 2.45) is 0 Å². The summed E-state index contributed by atoms with van der Waals surface area (Å²) in [7, 11) is -0.930. The van der Waals surface area contributed by atoms with Crippen molar-refractivity contribution in [3.05, 3.63) is 63.6 Å². The standard InChI is InChI=1S/C24H32Cl2N2OS/c1-3-27-17-20(19-8-9-22(25)23(26)16-19)12-15-28-13-10-18(11-14-28)21-6-4-5-7-24(21)30(2)29/h4-9,16,18,20,27H,3,10-15,17H2,1-2H3/t20-,30?/m1/s1. The lowest BCUT2D eigenvalue weighted by molar-refractivity contribution is 0.204. The minimum atomic E-state index is -0.930. The van der Waals surface area contributed by atoms with Crippen molar-refractivity contribution in [1.29, 1.82) is 0 Å². The van der Waals surface area contributed by atoms with Gasteiger partial charge < -0.3 is 10.2 Å². The molecule has 6 heteroatoms. The van der Waals surface area contributed by atoms with Gasteiger partial charge in [-0.1, -0.05) is 54.4 Å². The molecule has 2 aromatic carbocycles. The van der Waals surface area contributed by atoms with E-state index in [4.69, 9.17) is 23.2 Å². The van der Waals surface area contributed by atoms with Crippen molar-refractivity contribution in [2.45, 2.75) is 42.9 Å². The van der Waals surface area contributed by atoms with E-state index < -0.39 is 10.8 Å². The van der Waals surface area contributed by atoms with E-state index in [1.165, 1.54) is 11.1 Å². The maximum Gasteiger partial charge on any atom is 0.0595 e. The molecule has 30 heavy (non-hydrogen) atoms. The molecule has 1 aliphatic rings. The highest BCUT2D eigenvalue weighted by atomic mass is 35.5. The molecule has 1 unspecified atom stereocenters. The molecular formula is C24H32Cl2N2OS. The number of hydrogen-bond donors (Lipinski definition) is 1. The van der Waals surface area contributed by atoms with Gasteiger partial charge in [0.25, 0.3) is 0 Å². The molecule has 3 nitrogen and oxygen atoms in total. The van der Waals surface area contributed by atoms with Gasteiger partial charge >= 0.3 is 0 Å². The van der Waals surface area contributed by atoms with Gasteiger partial charge in [-0.15, -0.1) is 0 Å². The first-order valence-electron chi connectivity index (χ1n) is 10.8. The van der Waals surface area contributed by atoms with Gasteiger partial charge in [0.2, 0.25) is 0 Å². The van der Waals surface area contributed by atoms with Gasteiger partial charge in [-0.25, -0.2) is 0 Å². The van der Waals surface area contributed by atoms with Crippen molar-refractivity contribution in [3.63, 3.8) is 0 Å². The summed E-state index contributed by atoms with van der Waals surface area (Å²) >= 11 is 12.4. The van der Waals surface area contributed by atoms with Crippen LogP contribution in [0.1, 0.15) is 49.1 Å². The smallest absolute Gasteiger partial charge is 0.0595 e. The number of halogens is 2. The van der Waals surface area contributed by atoms with E-state index >= 15 is 0 Å². The number of rotatable bonds is 9. The quantitative estimate of drug-likeness (QED) is 0.514. The van der Waals surface area contributed by atoms with Crippen LogP contribution in [0.5, 0.6) is 0 Å². The number of piperidine rings is 1. The number of likely N-dealkylation sites (tertiary alicyclic amines) is 1. The Labute approximate surface area is 193 Å². The molecule has 1 saturated heterocycles. The molecule has 0 aliphatic carbocycles. The fourth-order valence-corrected chi connectivity index (χ4v) is 5.50. The Kier molecular flexibility index (Phi) is 9.21. The predicted octanol–water partition coefficient (Wildman–Crippen LogP) is 5.69. The minimum absolute atomic E-state index is 0.417. The fraction of sp³-hybridized carbons (Fsp3) is 0.500. The van der Waals surface area contributed by atoms with Crippen LogP contribution in [-0.2, 0) is 10.8 Å². The number of nitrogens with one attached hydrogen (secondary N) is 1. The van der Waals surface area contributed by atoms with Gasteiger partial charge in [0.15, 0.2) is 0 Å². The second-order valence-corrected chi connectivity index (χ2v) is 10.2. The second kappa shape index (κ2) is 11.6. The van der Waals surface area contributed by atoms with Crippen molar-refractivity contribution in [1.82, 2.24) is 10.2 Å². The van der Waals surface area contributed by atoms with Crippen LogP contribution >= 0.6 is 23.2 Å². The third-order valence-corrected chi connectivity index (χ3v) is 7.84. The third kappa shape index (κ3) is 6.30. The number of nitrogens with zero attached hydrogens (tertiary/aromatic N) is 1. The molecule has 0 radical (unpaired) electrons.